The Morgan fingerprint density at radius 2 is 0.670 bits per heavy atom. The summed E-state index contributed by atoms with van der Waals surface area (Å²) in [6.45, 7) is 9.26. The van der Waals surface area contributed by atoms with Crippen LogP contribution in [0, 0.1) is 30.2 Å². The predicted octanol–water partition coefficient (Wildman–Crippen LogP) is 12.3. The fourth-order valence-corrected chi connectivity index (χ4v) is 13.8. The van der Waals surface area contributed by atoms with Crippen molar-refractivity contribution in [2.24, 2.45) is 0 Å². The second-order valence-corrected chi connectivity index (χ2v) is 27.0. The van der Waals surface area contributed by atoms with E-state index in [-0.39, 0.29) is 71.2 Å². The van der Waals surface area contributed by atoms with Gasteiger partial charge in [0.25, 0.3) is 0 Å². The molecule has 4 atom stereocenters. The molecule has 36 heteroatoms. The van der Waals surface area contributed by atoms with E-state index in [1.165, 1.54) is 61.4 Å². The lowest BCUT2D eigenvalue weighted by atomic mass is 10.0. The van der Waals surface area contributed by atoms with Crippen LogP contribution in [0.3, 0.4) is 0 Å². The van der Waals surface area contributed by atoms with Crippen molar-refractivity contribution in [1.82, 2.24) is 101 Å². The third-order valence-electron chi connectivity index (χ3n) is 19.1. The minimum absolute atomic E-state index is 0.0804. The van der Waals surface area contributed by atoms with E-state index in [0.717, 1.165) is 142 Å². The molecule has 17 rings (SSSR count). The summed E-state index contributed by atoms with van der Waals surface area (Å²) in [7, 11) is 0. The Morgan fingerprint density at radius 1 is 0.367 bits per heavy atom. The van der Waals surface area contributed by atoms with Crippen molar-refractivity contribution in [3.63, 3.8) is 0 Å². The first-order valence-electron chi connectivity index (χ1n) is 36.4. The Balaban J connectivity index is 0.000000121. The summed E-state index contributed by atoms with van der Waals surface area (Å²) in [5.41, 5.74) is 31.9. The van der Waals surface area contributed by atoms with Crippen LogP contribution in [0.2, 0.25) is 0 Å². The molecule has 16 N–H and O–H groups in total. The second kappa shape index (κ2) is 33.3. The third kappa shape index (κ3) is 18.5. The van der Waals surface area contributed by atoms with Gasteiger partial charge in [-0.3, -0.25) is 20.4 Å². The van der Waals surface area contributed by atoms with E-state index in [0.29, 0.717) is 76.8 Å². The van der Waals surface area contributed by atoms with Crippen LogP contribution in [0.4, 0.5) is 112 Å². The van der Waals surface area contributed by atoms with Gasteiger partial charge in [0.2, 0.25) is 71.4 Å². The van der Waals surface area contributed by atoms with Crippen molar-refractivity contribution in [1.29, 1.82) is 0 Å². The highest BCUT2D eigenvalue weighted by Crippen LogP contribution is 2.42. The minimum atomic E-state index is -0.247. The fourth-order valence-electron chi connectivity index (χ4n) is 13.8. The van der Waals surface area contributed by atoms with Crippen LogP contribution in [-0.2, 0) is 12.8 Å². The van der Waals surface area contributed by atoms with E-state index < -0.39 is 0 Å². The molecule has 1 aliphatic carbocycles. The normalized spacial score (nSPS) is 17.3. The SMILES string of the molecule is CCCc1cc(Nc2nc(N)nc(N3CCCC3c3ccc(F)cc3)n2)n[nH]1.CCc1cc(Nc2nc(N)nc(N3CCCC3c3ccc(F)cc3)n2)n[nH]1.Cc1cc(Nc2nc(N)nc(N3CCCC3c3ccc(F)cc3)n2)n[nH]1.Nc1nc(Nc2cc(C3CC3)[nH]n2)nc(N2CCCC2c2ccc(F)cc2)n1. The molecule has 564 valence electrons. The summed E-state index contributed by atoms with van der Waals surface area (Å²) in [5, 5.41) is 40.9. The number of nitrogens with one attached hydrogen (secondary N) is 8. The Labute approximate surface area is 624 Å². The number of hydrogen-bond donors (Lipinski definition) is 12. The van der Waals surface area contributed by atoms with Crippen LogP contribution in [0.25, 0.3) is 0 Å². The van der Waals surface area contributed by atoms with Crippen LogP contribution in [0.15, 0.2) is 121 Å². The van der Waals surface area contributed by atoms with Crippen LogP contribution in [0.1, 0.15) is 160 Å². The average molecular weight is 1490 g/mol. The molecule has 12 aromatic rings. The number of hydrogen-bond acceptors (Lipinski definition) is 28. The predicted molar refractivity (Wildman–Crippen MR) is 407 cm³/mol. The molecule has 0 spiro atoms. The van der Waals surface area contributed by atoms with Gasteiger partial charge in [0.15, 0.2) is 23.3 Å². The molecule has 32 nitrogen and oxygen atoms in total. The Kier molecular flexibility index (Phi) is 22.3. The quantitative estimate of drug-likeness (QED) is 0.0315. The molecule has 109 heavy (non-hydrogen) atoms. The minimum Gasteiger partial charge on any atom is -0.368 e. The summed E-state index contributed by atoms with van der Waals surface area (Å²) >= 11 is 0. The second-order valence-electron chi connectivity index (χ2n) is 27.0. The topological polar surface area (TPSA) is 435 Å². The highest BCUT2D eigenvalue weighted by atomic mass is 19.1. The van der Waals surface area contributed by atoms with E-state index in [1.54, 1.807) is 36.4 Å². The van der Waals surface area contributed by atoms with E-state index >= 15 is 0 Å². The van der Waals surface area contributed by atoms with Crippen LogP contribution < -0.4 is 63.8 Å². The first-order chi connectivity index (χ1) is 53.0. The molecular weight excluding hydrogens is 1400 g/mol. The van der Waals surface area contributed by atoms with Gasteiger partial charge in [0.05, 0.1) is 24.2 Å². The van der Waals surface area contributed by atoms with E-state index in [4.69, 9.17) is 22.9 Å². The first-order valence-corrected chi connectivity index (χ1v) is 36.4. The van der Waals surface area contributed by atoms with Crippen molar-refractivity contribution >= 4 is 94.7 Å². The molecular formula is C73H84F4N32. The number of halogens is 4. The van der Waals surface area contributed by atoms with Crippen molar-refractivity contribution in [2.45, 2.75) is 134 Å². The van der Waals surface area contributed by atoms with Crippen LogP contribution in [0.5, 0.6) is 0 Å². The van der Waals surface area contributed by atoms with E-state index in [1.807, 2.05) is 50.2 Å². The number of aromatic nitrogens is 20. The molecule has 4 unspecified atom stereocenters. The number of nitrogens with zero attached hydrogens (tertiary/aromatic N) is 20. The highest BCUT2D eigenvalue weighted by Gasteiger charge is 2.34. The van der Waals surface area contributed by atoms with Gasteiger partial charge in [-0.05, 0) is 155 Å². The maximum Gasteiger partial charge on any atom is 0.235 e. The van der Waals surface area contributed by atoms with Crippen molar-refractivity contribution in [3.8, 4) is 0 Å². The number of H-pyrrole nitrogens is 4. The van der Waals surface area contributed by atoms with Crippen molar-refractivity contribution in [3.05, 3.63) is 190 Å². The highest BCUT2D eigenvalue weighted by molar-refractivity contribution is 5.57. The number of aromatic amines is 4. The summed E-state index contributed by atoms with van der Waals surface area (Å²) in [6.07, 6.45) is 13.0. The van der Waals surface area contributed by atoms with Gasteiger partial charge in [-0.1, -0.05) is 68.8 Å². The number of nitrogen functional groups attached to an aromatic ring is 4. The number of benzene rings is 4. The van der Waals surface area contributed by atoms with Crippen molar-refractivity contribution < 1.29 is 17.6 Å². The standard InChI is InChI=1S/C19H21FN8.C19H23FN8.C18H21FN8.C17H19FN8/c20-13-7-5-12(6-8-13)15-2-1-9-28(15)19-24-17(21)23-18(25-19)22-16-10-14(26-27-16)11-3-4-11;1-2-4-14-11-16(27-26-14)22-18-23-17(21)24-19(25-18)28-10-3-5-15(28)12-6-8-13(20)9-7-12;1-2-13-10-15(26-25-13)21-17-22-16(20)23-18(24-17)27-9-3-4-14(27)11-5-7-12(19)8-6-11;1-10-9-14(25-24-10)20-16-21-15(19)22-17(23-16)26-8-2-3-13(26)11-4-6-12(18)7-5-11/h5-8,10-11,15H,1-4,9H2,(H4,21,22,23,24,25,26,27);6-9,11,15H,2-5,10H2,1H3,(H4,21,22,23,24,25,26,27);5-8,10,14H,2-4,9H2,1H3,(H4,20,21,22,23,24,25,26);4-7,9,13H,2-3,8H2,1H3,(H4,19,20,21,22,23,24,25). The molecule has 5 fully saturated rings. The van der Waals surface area contributed by atoms with E-state index in [2.05, 4.69) is 148 Å². The largest absolute Gasteiger partial charge is 0.368 e. The molecule has 12 heterocycles. The Hall–Kier alpha value is -12.9. The van der Waals surface area contributed by atoms with Gasteiger partial charge >= 0.3 is 0 Å². The van der Waals surface area contributed by atoms with Gasteiger partial charge in [0.1, 0.15) is 23.3 Å². The van der Waals surface area contributed by atoms with Gasteiger partial charge in [-0.15, -0.1) is 0 Å². The third-order valence-corrected chi connectivity index (χ3v) is 19.1. The molecule has 0 bridgehead atoms. The molecule has 0 amide bonds. The smallest absolute Gasteiger partial charge is 0.235 e. The van der Waals surface area contributed by atoms with Gasteiger partial charge in [-0.2, -0.15) is 80.2 Å². The lowest BCUT2D eigenvalue weighted by Gasteiger charge is -2.25. The zero-order chi connectivity index (χ0) is 75.5. The number of aryl methyl sites for hydroxylation is 3. The summed E-state index contributed by atoms with van der Waals surface area (Å²) in [4.78, 5) is 60.4. The summed E-state index contributed by atoms with van der Waals surface area (Å²) < 4.78 is 53.0. The zero-order valence-electron chi connectivity index (χ0n) is 60.2. The number of anilines is 16. The monoisotopic (exact) mass is 1480 g/mol. The molecule has 4 aromatic carbocycles. The molecule has 5 aliphatic rings. The maximum atomic E-state index is 13.3. The fraction of sp³-hybridized carbons (Fsp3) is 0.342. The summed E-state index contributed by atoms with van der Waals surface area (Å²) in [6, 6.07) is 34.2. The number of nitrogens with two attached hydrogens (primary N) is 4. The van der Waals surface area contributed by atoms with Crippen LogP contribution >= 0.6 is 0 Å². The molecule has 4 aliphatic heterocycles. The molecule has 4 saturated heterocycles. The maximum absolute atomic E-state index is 13.3. The van der Waals surface area contributed by atoms with E-state index in [9.17, 15) is 17.6 Å². The Morgan fingerprint density at radius 3 is 0.972 bits per heavy atom. The van der Waals surface area contributed by atoms with Gasteiger partial charge in [0, 0.05) is 79.1 Å². The lowest BCUT2D eigenvalue weighted by molar-refractivity contribution is 0.623. The average Bonchev–Trinajstić information content (AvgIpc) is 1.74. The van der Waals surface area contributed by atoms with Crippen molar-refractivity contribution in [2.75, 3.05) is 90.0 Å². The molecule has 8 aromatic heterocycles. The van der Waals surface area contributed by atoms with Crippen LogP contribution in [-0.4, -0.2) is 127 Å². The lowest BCUT2D eigenvalue weighted by Crippen LogP contribution is -2.25. The zero-order valence-corrected chi connectivity index (χ0v) is 60.2. The molecule has 1 saturated carbocycles. The summed E-state index contributed by atoms with van der Waals surface area (Å²) in [5.74, 6) is 6.11. The van der Waals surface area contributed by atoms with Gasteiger partial charge in [-0.25, -0.2) is 17.6 Å². The van der Waals surface area contributed by atoms with Gasteiger partial charge < -0.3 is 63.8 Å². The first kappa shape index (κ1) is 73.0. The molecule has 0 radical (unpaired) electrons. The number of rotatable bonds is 20. The Bertz CT molecular complexity index is 4990.